The maximum atomic E-state index is 4.50. The molecule has 1 aliphatic carbocycles. The summed E-state index contributed by atoms with van der Waals surface area (Å²) in [5, 5.41) is 7.80. The molecule has 0 aromatic carbocycles. The van der Waals surface area contributed by atoms with E-state index in [0.717, 1.165) is 18.8 Å². The van der Waals surface area contributed by atoms with Crippen molar-refractivity contribution in [3.63, 3.8) is 0 Å². The first-order valence-electron chi connectivity index (χ1n) is 5.87. The monoisotopic (exact) mass is 207 g/mol. The van der Waals surface area contributed by atoms with E-state index < -0.39 is 0 Å². The van der Waals surface area contributed by atoms with Gasteiger partial charge in [-0.2, -0.15) is 5.10 Å². The molecule has 0 saturated heterocycles. The zero-order valence-electron chi connectivity index (χ0n) is 10.0. The van der Waals surface area contributed by atoms with Crippen LogP contribution in [0.1, 0.15) is 31.2 Å². The summed E-state index contributed by atoms with van der Waals surface area (Å²) in [5.74, 6) is 0. The Morgan fingerprint density at radius 2 is 2.27 bits per heavy atom. The molecular formula is C12H21N3. The molecular weight excluding hydrogens is 186 g/mol. The first-order valence-corrected chi connectivity index (χ1v) is 5.87. The van der Waals surface area contributed by atoms with E-state index in [2.05, 4.69) is 35.0 Å². The van der Waals surface area contributed by atoms with E-state index in [9.17, 15) is 0 Å². The van der Waals surface area contributed by atoms with Gasteiger partial charge < -0.3 is 5.32 Å². The molecule has 0 bridgehead atoms. The first kappa shape index (κ1) is 10.7. The Kier molecular flexibility index (Phi) is 2.83. The van der Waals surface area contributed by atoms with Crippen LogP contribution in [0.4, 0.5) is 0 Å². The van der Waals surface area contributed by atoms with Crippen molar-refractivity contribution in [2.75, 3.05) is 13.6 Å². The molecule has 3 heteroatoms. The SMILES string of the molecule is CCn1nc(C)cc1CC1(CNC)CC1. The Bertz CT molecular complexity index is 337. The minimum absolute atomic E-state index is 0.536. The molecule has 1 aromatic rings. The van der Waals surface area contributed by atoms with Gasteiger partial charge in [0, 0.05) is 18.8 Å². The average Bonchev–Trinajstić information content (AvgIpc) is 2.84. The topological polar surface area (TPSA) is 29.9 Å². The lowest BCUT2D eigenvalue weighted by atomic mass is 10.00. The zero-order chi connectivity index (χ0) is 10.9. The number of nitrogens with zero attached hydrogens (tertiary/aromatic N) is 2. The third-order valence-corrected chi connectivity index (χ3v) is 3.35. The summed E-state index contributed by atoms with van der Waals surface area (Å²) in [7, 11) is 2.04. The molecule has 0 atom stereocenters. The van der Waals surface area contributed by atoms with E-state index in [1.54, 1.807) is 0 Å². The van der Waals surface area contributed by atoms with Crippen molar-refractivity contribution in [3.05, 3.63) is 17.5 Å². The van der Waals surface area contributed by atoms with Crippen molar-refractivity contribution in [2.45, 2.75) is 39.7 Å². The number of aryl methyl sites for hydroxylation is 2. The molecule has 1 aromatic heterocycles. The maximum absolute atomic E-state index is 4.50. The molecule has 1 heterocycles. The van der Waals surface area contributed by atoms with Crippen molar-refractivity contribution < 1.29 is 0 Å². The van der Waals surface area contributed by atoms with Crippen LogP contribution in [-0.4, -0.2) is 23.4 Å². The van der Waals surface area contributed by atoms with E-state index in [-0.39, 0.29) is 0 Å². The molecule has 0 unspecified atom stereocenters. The molecule has 0 radical (unpaired) electrons. The van der Waals surface area contributed by atoms with Gasteiger partial charge in [-0.3, -0.25) is 4.68 Å². The Morgan fingerprint density at radius 1 is 1.53 bits per heavy atom. The summed E-state index contributed by atoms with van der Waals surface area (Å²) in [6.07, 6.45) is 3.91. The molecule has 1 aliphatic rings. The average molecular weight is 207 g/mol. The van der Waals surface area contributed by atoms with Crippen LogP contribution < -0.4 is 5.32 Å². The number of nitrogens with one attached hydrogen (secondary N) is 1. The van der Waals surface area contributed by atoms with Crippen LogP contribution in [0.25, 0.3) is 0 Å². The van der Waals surface area contributed by atoms with Crippen LogP contribution in [0.2, 0.25) is 0 Å². The van der Waals surface area contributed by atoms with Crippen molar-refractivity contribution in [1.82, 2.24) is 15.1 Å². The third kappa shape index (κ3) is 2.23. The third-order valence-electron chi connectivity index (χ3n) is 3.35. The van der Waals surface area contributed by atoms with Crippen molar-refractivity contribution in [3.8, 4) is 0 Å². The fraction of sp³-hybridized carbons (Fsp3) is 0.750. The highest BCUT2D eigenvalue weighted by Gasteiger charge is 2.42. The number of hydrogen-bond acceptors (Lipinski definition) is 2. The summed E-state index contributed by atoms with van der Waals surface area (Å²) in [6.45, 7) is 6.36. The van der Waals surface area contributed by atoms with Gasteiger partial charge in [-0.1, -0.05) is 0 Å². The fourth-order valence-corrected chi connectivity index (χ4v) is 2.37. The van der Waals surface area contributed by atoms with E-state index in [1.165, 1.54) is 25.0 Å². The van der Waals surface area contributed by atoms with Crippen LogP contribution in [0.5, 0.6) is 0 Å². The fourth-order valence-electron chi connectivity index (χ4n) is 2.37. The van der Waals surface area contributed by atoms with Crippen molar-refractivity contribution in [2.24, 2.45) is 5.41 Å². The highest BCUT2D eigenvalue weighted by atomic mass is 15.3. The summed E-state index contributed by atoms with van der Waals surface area (Å²) in [5.41, 5.74) is 3.09. The maximum Gasteiger partial charge on any atom is 0.0596 e. The number of aromatic nitrogens is 2. The standard InChI is InChI=1S/C12H21N3/c1-4-15-11(7-10(2)14-15)8-12(5-6-12)9-13-3/h7,13H,4-6,8-9H2,1-3H3. The normalized spacial score (nSPS) is 18.1. The molecule has 0 spiro atoms. The first-order chi connectivity index (χ1) is 7.19. The van der Waals surface area contributed by atoms with Gasteiger partial charge in [0.15, 0.2) is 0 Å². The Morgan fingerprint density at radius 3 is 2.80 bits per heavy atom. The lowest BCUT2D eigenvalue weighted by Gasteiger charge is -2.14. The van der Waals surface area contributed by atoms with Gasteiger partial charge in [0.25, 0.3) is 0 Å². The second-order valence-electron chi connectivity index (χ2n) is 4.80. The predicted molar refractivity (Wildman–Crippen MR) is 61.9 cm³/mol. The molecule has 0 aliphatic heterocycles. The minimum Gasteiger partial charge on any atom is -0.319 e. The smallest absolute Gasteiger partial charge is 0.0596 e. The molecule has 3 nitrogen and oxygen atoms in total. The van der Waals surface area contributed by atoms with Crippen molar-refractivity contribution in [1.29, 1.82) is 0 Å². The van der Waals surface area contributed by atoms with Crippen LogP contribution in [0.3, 0.4) is 0 Å². The molecule has 2 rings (SSSR count). The second-order valence-corrected chi connectivity index (χ2v) is 4.80. The summed E-state index contributed by atoms with van der Waals surface area (Å²) in [6, 6.07) is 2.24. The van der Waals surface area contributed by atoms with Crippen LogP contribution in [0, 0.1) is 12.3 Å². The molecule has 15 heavy (non-hydrogen) atoms. The van der Waals surface area contributed by atoms with E-state index in [0.29, 0.717) is 5.41 Å². The highest BCUT2D eigenvalue weighted by molar-refractivity contribution is 5.14. The Hall–Kier alpha value is -0.830. The summed E-state index contributed by atoms with van der Waals surface area (Å²) >= 11 is 0. The lowest BCUT2D eigenvalue weighted by molar-refractivity contribution is 0.455. The van der Waals surface area contributed by atoms with Crippen LogP contribution >= 0.6 is 0 Å². The second kappa shape index (κ2) is 3.97. The van der Waals surface area contributed by atoms with Gasteiger partial charge in [-0.15, -0.1) is 0 Å². The van der Waals surface area contributed by atoms with Crippen LogP contribution in [0.15, 0.2) is 6.07 Å². The number of hydrogen-bond donors (Lipinski definition) is 1. The van der Waals surface area contributed by atoms with Crippen LogP contribution in [-0.2, 0) is 13.0 Å². The van der Waals surface area contributed by atoms with Gasteiger partial charge in [0.2, 0.25) is 0 Å². The largest absolute Gasteiger partial charge is 0.319 e. The zero-order valence-corrected chi connectivity index (χ0v) is 10.0. The highest BCUT2D eigenvalue weighted by Crippen LogP contribution is 2.47. The van der Waals surface area contributed by atoms with Gasteiger partial charge in [-0.05, 0) is 51.6 Å². The summed E-state index contributed by atoms with van der Waals surface area (Å²) in [4.78, 5) is 0. The molecule has 1 saturated carbocycles. The van der Waals surface area contributed by atoms with E-state index >= 15 is 0 Å². The molecule has 1 N–H and O–H groups in total. The predicted octanol–water partition coefficient (Wildman–Crippen LogP) is 1.75. The van der Waals surface area contributed by atoms with Gasteiger partial charge in [0.05, 0.1) is 5.69 Å². The molecule has 84 valence electrons. The number of rotatable bonds is 5. The minimum atomic E-state index is 0.536. The quantitative estimate of drug-likeness (QED) is 0.797. The molecule has 1 fully saturated rings. The molecule has 0 amide bonds. The van der Waals surface area contributed by atoms with Gasteiger partial charge >= 0.3 is 0 Å². The Labute approximate surface area is 91.9 Å². The van der Waals surface area contributed by atoms with Crippen molar-refractivity contribution >= 4 is 0 Å². The Balaban J connectivity index is 2.09. The van der Waals surface area contributed by atoms with E-state index in [4.69, 9.17) is 0 Å². The van der Waals surface area contributed by atoms with E-state index in [1.807, 2.05) is 7.05 Å². The van der Waals surface area contributed by atoms with Gasteiger partial charge in [-0.25, -0.2) is 0 Å². The lowest BCUT2D eigenvalue weighted by Crippen LogP contribution is -2.23. The summed E-state index contributed by atoms with van der Waals surface area (Å²) < 4.78 is 2.14. The van der Waals surface area contributed by atoms with Gasteiger partial charge in [0.1, 0.15) is 0 Å².